The molecule has 6 nitrogen and oxygen atoms in total. The minimum atomic E-state index is -1.18. The largest absolute Gasteiger partial charge is 0.379 e. The van der Waals surface area contributed by atoms with Gasteiger partial charge in [-0.15, -0.1) is 0 Å². The minimum absolute atomic E-state index is 0.0403. The molecule has 0 aromatic heterocycles. The molecule has 23 heavy (non-hydrogen) atoms. The standard InChI is InChI=1S/C16H28N2O4S/c1-2-22-13-9-15(10-13,18-4-6-21-7-5-18)11-17-14(19)16(20)3-8-23-12-16/h13,20H,2-12H2,1H3,(H,17,19). The van der Waals surface area contributed by atoms with E-state index in [9.17, 15) is 9.90 Å². The van der Waals surface area contributed by atoms with E-state index in [-0.39, 0.29) is 17.6 Å². The number of carbonyl (C=O) groups excluding carboxylic acids is 1. The van der Waals surface area contributed by atoms with Crippen LogP contribution in [-0.4, -0.2) is 84.1 Å². The van der Waals surface area contributed by atoms with Gasteiger partial charge < -0.3 is 19.9 Å². The molecule has 0 aromatic rings. The third-order valence-corrected chi connectivity index (χ3v) is 6.48. The summed E-state index contributed by atoms with van der Waals surface area (Å²) in [5, 5.41) is 13.4. The van der Waals surface area contributed by atoms with E-state index >= 15 is 0 Å². The van der Waals surface area contributed by atoms with E-state index in [4.69, 9.17) is 9.47 Å². The van der Waals surface area contributed by atoms with Crippen molar-refractivity contribution >= 4 is 17.7 Å². The van der Waals surface area contributed by atoms with E-state index in [1.165, 1.54) is 0 Å². The molecule has 0 aromatic carbocycles. The highest BCUT2D eigenvalue weighted by Gasteiger charge is 2.50. The molecule has 0 bridgehead atoms. The Kier molecular flexibility index (Phi) is 5.53. The van der Waals surface area contributed by atoms with Gasteiger partial charge in [0, 0.05) is 37.5 Å². The summed E-state index contributed by atoms with van der Waals surface area (Å²) < 4.78 is 11.2. The monoisotopic (exact) mass is 344 g/mol. The second-order valence-corrected chi connectivity index (χ2v) is 7.93. The lowest BCUT2D eigenvalue weighted by Crippen LogP contribution is -2.67. The molecule has 0 spiro atoms. The predicted molar refractivity (Wildman–Crippen MR) is 89.7 cm³/mol. The molecule has 1 amide bonds. The summed E-state index contributed by atoms with van der Waals surface area (Å²) in [5.41, 5.74) is -1.22. The van der Waals surface area contributed by atoms with Crippen molar-refractivity contribution in [3.63, 3.8) is 0 Å². The normalized spacial score (nSPS) is 38.3. The molecule has 3 rings (SSSR count). The molecule has 2 aliphatic heterocycles. The summed E-state index contributed by atoms with van der Waals surface area (Å²) in [6, 6.07) is 0. The molecule has 1 saturated carbocycles. The smallest absolute Gasteiger partial charge is 0.252 e. The van der Waals surface area contributed by atoms with E-state index in [1.807, 2.05) is 6.92 Å². The Hall–Kier alpha value is -0.340. The van der Waals surface area contributed by atoms with Crippen LogP contribution in [0.5, 0.6) is 0 Å². The fourth-order valence-electron chi connectivity index (χ4n) is 3.84. The fraction of sp³-hybridized carbons (Fsp3) is 0.938. The summed E-state index contributed by atoms with van der Waals surface area (Å²) in [6.07, 6.45) is 2.71. The van der Waals surface area contributed by atoms with Crippen LogP contribution in [0.4, 0.5) is 0 Å². The average Bonchev–Trinajstić information content (AvgIpc) is 2.98. The minimum Gasteiger partial charge on any atom is -0.379 e. The Morgan fingerprint density at radius 1 is 1.43 bits per heavy atom. The average molecular weight is 344 g/mol. The number of aliphatic hydroxyl groups is 1. The van der Waals surface area contributed by atoms with Crippen molar-refractivity contribution in [1.29, 1.82) is 0 Å². The SMILES string of the molecule is CCOC1CC(CNC(=O)C2(O)CCSC2)(N2CCOCC2)C1. The fourth-order valence-corrected chi connectivity index (χ4v) is 5.08. The van der Waals surface area contributed by atoms with Gasteiger partial charge in [-0.2, -0.15) is 11.8 Å². The van der Waals surface area contributed by atoms with Crippen LogP contribution in [0.2, 0.25) is 0 Å². The van der Waals surface area contributed by atoms with Gasteiger partial charge in [0.05, 0.1) is 19.3 Å². The number of hydrogen-bond donors (Lipinski definition) is 2. The summed E-state index contributed by atoms with van der Waals surface area (Å²) in [7, 11) is 0. The predicted octanol–water partition coefficient (Wildman–Crippen LogP) is 0.241. The summed E-state index contributed by atoms with van der Waals surface area (Å²) >= 11 is 1.64. The lowest BCUT2D eigenvalue weighted by molar-refractivity contribution is -0.144. The number of carbonyl (C=O) groups is 1. The summed E-state index contributed by atoms with van der Waals surface area (Å²) in [6.45, 7) is 6.62. The highest BCUT2D eigenvalue weighted by Crippen LogP contribution is 2.40. The van der Waals surface area contributed by atoms with E-state index < -0.39 is 5.60 Å². The number of nitrogens with zero attached hydrogens (tertiary/aromatic N) is 1. The van der Waals surface area contributed by atoms with Crippen LogP contribution in [-0.2, 0) is 14.3 Å². The molecule has 2 N–H and O–H groups in total. The molecular formula is C16H28N2O4S. The van der Waals surface area contributed by atoms with Gasteiger partial charge in [0.25, 0.3) is 5.91 Å². The van der Waals surface area contributed by atoms with Gasteiger partial charge >= 0.3 is 0 Å². The maximum Gasteiger partial charge on any atom is 0.252 e. The van der Waals surface area contributed by atoms with Crippen molar-refractivity contribution < 1.29 is 19.4 Å². The van der Waals surface area contributed by atoms with Crippen molar-refractivity contribution in [1.82, 2.24) is 10.2 Å². The van der Waals surface area contributed by atoms with Crippen molar-refractivity contribution in [3.8, 4) is 0 Å². The van der Waals surface area contributed by atoms with Gasteiger partial charge in [0.2, 0.25) is 0 Å². The molecule has 1 unspecified atom stereocenters. The molecule has 132 valence electrons. The number of rotatable bonds is 6. The van der Waals surface area contributed by atoms with Gasteiger partial charge in [-0.3, -0.25) is 9.69 Å². The first-order chi connectivity index (χ1) is 11.1. The quantitative estimate of drug-likeness (QED) is 0.719. The molecule has 2 saturated heterocycles. The summed E-state index contributed by atoms with van der Waals surface area (Å²) in [4.78, 5) is 14.8. The number of thioether (sulfide) groups is 1. The van der Waals surface area contributed by atoms with Crippen LogP contribution >= 0.6 is 11.8 Å². The highest BCUT2D eigenvalue weighted by molar-refractivity contribution is 7.99. The van der Waals surface area contributed by atoms with Gasteiger partial charge in [-0.1, -0.05) is 0 Å². The summed E-state index contributed by atoms with van der Waals surface area (Å²) in [5.74, 6) is 1.14. The van der Waals surface area contributed by atoms with Crippen LogP contribution in [0.1, 0.15) is 26.2 Å². The first-order valence-corrected chi connectivity index (χ1v) is 9.76. The van der Waals surface area contributed by atoms with Crippen LogP contribution in [0.15, 0.2) is 0 Å². The zero-order valence-corrected chi connectivity index (χ0v) is 14.7. The van der Waals surface area contributed by atoms with E-state index in [2.05, 4.69) is 10.2 Å². The van der Waals surface area contributed by atoms with Gasteiger partial charge in [0.1, 0.15) is 0 Å². The molecular weight excluding hydrogens is 316 g/mol. The van der Waals surface area contributed by atoms with Crippen molar-refractivity contribution in [2.24, 2.45) is 0 Å². The van der Waals surface area contributed by atoms with Crippen LogP contribution in [0, 0.1) is 0 Å². The number of amides is 1. The third-order valence-electron chi connectivity index (χ3n) is 5.30. The topological polar surface area (TPSA) is 71.0 Å². The molecule has 1 aliphatic carbocycles. The Morgan fingerprint density at radius 3 is 2.78 bits per heavy atom. The van der Waals surface area contributed by atoms with E-state index in [1.54, 1.807) is 11.8 Å². The third kappa shape index (κ3) is 3.69. The van der Waals surface area contributed by atoms with Crippen LogP contribution in [0.25, 0.3) is 0 Å². The Labute approximate surface area is 142 Å². The van der Waals surface area contributed by atoms with E-state index in [0.29, 0.717) is 18.7 Å². The maximum absolute atomic E-state index is 12.4. The second-order valence-electron chi connectivity index (χ2n) is 6.83. The number of ether oxygens (including phenoxy) is 2. The zero-order chi connectivity index (χ0) is 16.3. The zero-order valence-electron chi connectivity index (χ0n) is 13.9. The molecule has 7 heteroatoms. The van der Waals surface area contributed by atoms with Crippen LogP contribution in [0.3, 0.4) is 0 Å². The molecule has 1 atom stereocenters. The number of nitrogens with one attached hydrogen (secondary N) is 1. The van der Waals surface area contributed by atoms with Gasteiger partial charge in [0.15, 0.2) is 5.60 Å². The molecule has 2 heterocycles. The first kappa shape index (κ1) is 17.5. The maximum atomic E-state index is 12.4. The van der Waals surface area contributed by atoms with Crippen molar-refractivity contribution in [2.45, 2.75) is 43.4 Å². The molecule has 3 aliphatic rings. The number of hydrogen-bond acceptors (Lipinski definition) is 6. The Balaban J connectivity index is 1.59. The van der Waals surface area contributed by atoms with Crippen LogP contribution < -0.4 is 5.32 Å². The van der Waals surface area contributed by atoms with Gasteiger partial charge in [-0.05, 0) is 31.9 Å². The second kappa shape index (κ2) is 7.27. The molecule has 0 radical (unpaired) electrons. The van der Waals surface area contributed by atoms with E-state index in [0.717, 1.165) is 51.5 Å². The Bertz CT molecular complexity index is 416. The van der Waals surface area contributed by atoms with Crippen molar-refractivity contribution in [3.05, 3.63) is 0 Å². The van der Waals surface area contributed by atoms with Gasteiger partial charge in [-0.25, -0.2) is 0 Å². The lowest BCUT2D eigenvalue weighted by atomic mass is 9.72. The Morgan fingerprint density at radius 2 is 2.17 bits per heavy atom. The molecule has 3 fully saturated rings. The van der Waals surface area contributed by atoms with Crippen molar-refractivity contribution in [2.75, 3.05) is 51.0 Å². The number of morpholine rings is 1. The lowest BCUT2D eigenvalue weighted by Gasteiger charge is -2.55. The first-order valence-electron chi connectivity index (χ1n) is 8.61. The highest BCUT2D eigenvalue weighted by atomic mass is 32.2.